The quantitative estimate of drug-likeness (QED) is 0.858. The van der Waals surface area contributed by atoms with E-state index in [1.165, 1.54) is 12.1 Å². The number of carbonyl (C=O) groups excluding carboxylic acids is 1. The van der Waals surface area contributed by atoms with Gasteiger partial charge in [-0.05, 0) is 31.9 Å². The molecule has 1 aromatic carbocycles. The van der Waals surface area contributed by atoms with E-state index in [-0.39, 0.29) is 23.1 Å². The molecule has 0 aliphatic carbocycles. The van der Waals surface area contributed by atoms with Gasteiger partial charge in [0.1, 0.15) is 5.75 Å². The molecule has 1 saturated heterocycles. The molecule has 0 bridgehead atoms. The van der Waals surface area contributed by atoms with Crippen LogP contribution in [-0.2, 0) is 0 Å². The van der Waals surface area contributed by atoms with Crippen molar-refractivity contribution in [1.29, 1.82) is 0 Å². The van der Waals surface area contributed by atoms with E-state index < -0.39 is 6.61 Å². The molecule has 1 atom stereocenters. The molecule has 6 nitrogen and oxygen atoms in total. The number of para-hydroxylation sites is 1. The minimum atomic E-state index is -2.98. The molecule has 1 amide bonds. The fourth-order valence-electron chi connectivity index (χ4n) is 2.85. The number of aryl methyl sites for hydroxylation is 1. The van der Waals surface area contributed by atoms with Crippen LogP contribution in [-0.4, -0.2) is 40.6 Å². The average Bonchev–Trinajstić information content (AvgIpc) is 3.01. The molecule has 0 N–H and O–H groups in total. The van der Waals surface area contributed by atoms with Crippen molar-refractivity contribution in [2.45, 2.75) is 32.3 Å². The second-order valence-corrected chi connectivity index (χ2v) is 5.64. The van der Waals surface area contributed by atoms with Crippen molar-refractivity contribution in [3.05, 3.63) is 41.5 Å². The summed E-state index contributed by atoms with van der Waals surface area (Å²) in [4.78, 5) is 18.5. The number of ether oxygens (including phenoxy) is 1. The highest BCUT2D eigenvalue weighted by molar-refractivity contribution is 5.97. The van der Waals surface area contributed by atoms with Crippen molar-refractivity contribution < 1.29 is 22.8 Å². The van der Waals surface area contributed by atoms with Crippen LogP contribution in [0.1, 0.15) is 40.8 Å². The Labute approximate surface area is 137 Å². The van der Waals surface area contributed by atoms with Gasteiger partial charge in [0.15, 0.2) is 5.82 Å². The van der Waals surface area contributed by atoms with Crippen LogP contribution in [0, 0.1) is 6.92 Å². The highest BCUT2D eigenvalue weighted by Crippen LogP contribution is 2.28. The maximum atomic E-state index is 12.7. The first kappa shape index (κ1) is 16.4. The van der Waals surface area contributed by atoms with Gasteiger partial charge in [-0.25, -0.2) is 0 Å². The lowest BCUT2D eigenvalue weighted by molar-refractivity contribution is -0.0503. The molecule has 1 aromatic heterocycles. The van der Waals surface area contributed by atoms with Crippen LogP contribution in [0.3, 0.4) is 0 Å². The van der Waals surface area contributed by atoms with Crippen LogP contribution in [0.4, 0.5) is 8.78 Å². The van der Waals surface area contributed by atoms with Gasteiger partial charge in [0.05, 0.1) is 11.5 Å². The number of nitrogens with zero attached hydrogens (tertiary/aromatic N) is 3. The van der Waals surface area contributed by atoms with Crippen LogP contribution in [0.25, 0.3) is 0 Å². The molecule has 0 saturated carbocycles. The van der Waals surface area contributed by atoms with Gasteiger partial charge < -0.3 is 14.2 Å². The first-order chi connectivity index (χ1) is 11.5. The van der Waals surface area contributed by atoms with E-state index in [0.717, 1.165) is 12.8 Å². The minimum absolute atomic E-state index is 0.0490. The Balaban J connectivity index is 1.77. The zero-order valence-electron chi connectivity index (χ0n) is 13.1. The first-order valence-corrected chi connectivity index (χ1v) is 7.68. The van der Waals surface area contributed by atoms with Crippen molar-refractivity contribution in [1.82, 2.24) is 15.0 Å². The van der Waals surface area contributed by atoms with Gasteiger partial charge in [0.25, 0.3) is 5.91 Å². The molecular formula is C16H17F2N3O3. The molecule has 1 aliphatic rings. The van der Waals surface area contributed by atoms with E-state index in [4.69, 9.17) is 4.52 Å². The summed E-state index contributed by atoms with van der Waals surface area (Å²) in [7, 11) is 0. The largest absolute Gasteiger partial charge is 0.434 e. The average molecular weight is 337 g/mol. The Hall–Kier alpha value is -2.51. The summed E-state index contributed by atoms with van der Waals surface area (Å²) >= 11 is 0. The number of aromatic nitrogens is 2. The summed E-state index contributed by atoms with van der Waals surface area (Å²) < 4.78 is 34.7. The number of benzene rings is 1. The molecule has 0 spiro atoms. The second-order valence-electron chi connectivity index (χ2n) is 5.64. The molecule has 24 heavy (non-hydrogen) atoms. The van der Waals surface area contributed by atoms with Gasteiger partial charge >= 0.3 is 6.61 Å². The zero-order valence-corrected chi connectivity index (χ0v) is 13.1. The molecule has 3 rings (SSSR count). The van der Waals surface area contributed by atoms with E-state index in [2.05, 4.69) is 14.9 Å². The second kappa shape index (κ2) is 6.94. The number of hydrogen-bond donors (Lipinski definition) is 0. The number of rotatable bonds is 4. The number of hydrogen-bond acceptors (Lipinski definition) is 5. The summed E-state index contributed by atoms with van der Waals surface area (Å²) in [5, 5.41) is 3.77. The number of amides is 1. The minimum Gasteiger partial charge on any atom is -0.434 e. The summed E-state index contributed by atoms with van der Waals surface area (Å²) in [5.41, 5.74) is 0.125. The van der Waals surface area contributed by atoms with Crippen LogP contribution < -0.4 is 4.74 Å². The molecule has 0 radical (unpaired) electrons. The molecule has 1 aliphatic heterocycles. The summed E-state index contributed by atoms with van der Waals surface area (Å²) in [6, 6.07) is 6.02. The van der Waals surface area contributed by atoms with Crippen LogP contribution >= 0.6 is 0 Å². The van der Waals surface area contributed by atoms with Crippen LogP contribution in [0.15, 0.2) is 28.8 Å². The Kier molecular flexibility index (Phi) is 4.73. The van der Waals surface area contributed by atoms with E-state index in [0.29, 0.717) is 24.8 Å². The number of alkyl halides is 2. The van der Waals surface area contributed by atoms with E-state index in [1.54, 1.807) is 24.0 Å². The van der Waals surface area contributed by atoms with Gasteiger partial charge in [-0.1, -0.05) is 17.3 Å². The van der Waals surface area contributed by atoms with Crippen molar-refractivity contribution in [3.8, 4) is 5.75 Å². The molecule has 1 fully saturated rings. The molecular weight excluding hydrogens is 320 g/mol. The predicted molar refractivity (Wildman–Crippen MR) is 80.0 cm³/mol. The third-order valence-electron chi connectivity index (χ3n) is 3.93. The normalized spacial score (nSPS) is 18.0. The highest BCUT2D eigenvalue weighted by Gasteiger charge is 2.30. The smallest absolute Gasteiger partial charge is 0.387 e. The lowest BCUT2D eigenvalue weighted by Gasteiger charge is -2.31. The van der Waals surface area contributed by atoms with E-state index in [9.17, 15) is 13.6 Å². The summed E-state index contributed by atoms with van der Waals surface area (Å²) in [6.45, 7) is -0.291. The summed E-state index contributed by atoms with van der Waals surface area (Å²) in [5.74, 6) is 0.541. The highest BCUT2D eigenvalue weighted by atomic mass is 19.3. The third kappa shape index (κ3) is 3.52. The Morgan fingerprint density at radius 1 is 1.42 bits per heavy atom. The van der Waals surface area contributed by atoms with Gasteiger partial charge in [-0.3, -0.25) is 4.79 Å². The van der Waals surface area contributed by atoms with Crippen LogP contribution in [0.5, 0.6) is 5.75 Å². The third-order valence-corrected chi connectivity index (χ3v) is 3.93. The maximum Gasteiger partial charge on any atom is 0.387 e. The van der Waals surface area contributed by atoms with Gasteiger partial charge in [0.2, 0.25) is 5.89 Å². The van der Waals surface area contributed by atoms with Crippen molar-refractivity contribution in [2.75, 3.05) is 13.1 Å². The Bertz CT molecular complexity index is 720. The molecule has 128 valence electrons. The summed E-state index contributed by atoms with van der Waals surface area (Å²) in [6.07, 6.45) is 1.61. The number of carbonyl (C=O) groups is 1. The lowest BCUT2D eigenvalue weighted by Crippen LogP contribution is -2.39. The molecule has 0 unspecified atom stereocenters. The lowest BCUT2D eigenvalue weighted by atomic mass is 9.97. The van der Waals surface area contributed by atoms with Crippen molar-refractivity contribution >= 4 is 5.91 Å². The monoisotopic (exact) mass is 337 g/mol. The zero-order chi connectivity index (χ0) is 17.1. The maximum absolute atomic E-state index is 12.7. The Morgan fingerprint density at radius 2 is 2.21 bits per heavy atom. The fourth-order valence-corrected chi connectivity index (χ4v) is 2.85. The molecule has 8 heteroatoms. The van der Waals surface area contributed by atoms with Crippen molar-refractivity contribution in [3.63, 3.8) is 0 Å². The number of halogens is 2. The standard InChI is InChI=1S/C16H17F2N3O3/c1-10-19-14(24-20-10)11-5-4-8-21(9-11)15(22)12-6-2-3-7-13(12)23-16(17)18/h2-3,6-7,11,16H,4-5,8-9H2,1H3/t11-/m1/s1. The SMILES string of the molecule is Cc1noc([C@@H]2CCCN(C(=O)c3ccccc3OC(F)F)C2)n1. The van der Waals surface area contributed by atoms with Crippen molar-refractivity contribution in [2.24, 2.45) is 0 Å². The van der Waals surface area contributed by atoms with Gasteiger partial charge in [-0.2, -0.15) is 13.8 Å². The van der Waals surface area contributed by atoms with E-state index in [1.807, 2.05) is 0 Å². The topological polar surface area (TPSA) is 68.5 Å². The molecule has 2 heterocycles. The van der Waals surface area contributed by atoms with Gasteiger partial charge in [-0.15, -0.1) is 0 Å². The van der Waals surface area contributed by atoms with E-state index >= 15 is 0 Å². The van der Waals surface area contributed by atoms with Gasteiger partial charge in [0, 0.05) is 13.1 Å². The number of piperidine rings is 1. The fraction of sp³-hybridized carbons (Fsp3) is 0.438. The van der Waals surface area contributed by atoms with Crippen LogP contribution in [0.2, 0.25) is 0 Å². The Morgan fingerprint density at radius 3 is 2.92 bits per heavy atom. The predicted octanol–water partition coefficient (Wildman–Crippen LogP) is 3.00. The molecule has 2 aromatic rings. The number of likely N-dealkylation sites (tertiary alicyclic amines) is 1. The first-order valence-electron chi connectivity index (χ1n) is 7.68.